The van der Waals surface area contributed by atoms with E-state index >= 15 is 0 Å². The zero-order valence-corrected chi connectivity index (χ0v) is 15.2. The van der Waals surface area contributed by atoms with Gasteiger partial charge in [0.15, 0.2) is 0 Å². The number of carbonyl (C=O) groups excluding carboxylic acids is 1. The van der Waals surface area contributed by atoms with Gasteiger partial charge in [-0.3, -0.25) is 4.79 Å². The minimum atomic E-state index is -0.247. The molecule has 3 rings (SSSR count). The second-order valence-corrected chi connectivity index (χ2v) is 6.94. The topological polar surface area (TPSA) is 60.4 Å². The molecular formula is C19H26N2O4. The lowest BCUT2D eigenvalue weighted by atomic mass is 9.74. The van der Waals surface area contributed by atoms with Gasteiger partial charge in [-0.05, 0) is 11.5 Å². The van der Waals surface area contributed by atoms with Crippen LogP contribution in [0.5, 0.6) is 0 Å². The first-order chi connectivity index (χ1) is 12.0. The van der Waals surface area contributed by atoms with Crippen LogP contribution in [0.15, 0.2) is 35.3 Å². The van der Waals surface area contributed by atoms with Gasteiger partial charge in [0.05, 0.1) is 25.7 Å². The molecular weight excluding hydrogens is 320 g/mol. The molecule has 0 N–H and O–H groups in total. The van der Waals surface area contributed by atoms with Gasteiger partial charge >= 0.3 is 5.97 Å². The number of amidine groups is 1. The summed E-state index contributed by atoms with van der Waals surface area (Å²) in [6.45, 7) is 2.52. The van der Waals surface area contributed by atoms with Crippen molar-refractivity contribution in [3.63, 3.8) is 0 Å². The molecule has 5 atom stereocenters. The summed E-state index contributed by atoms with van der Waals surface area (Å²) in [5.41, 5.74) is 1.10. The summed E-state index contributed by atoms with van der Waals surface area (Å²) >= 11 is 0. The predicted octanol–water partition coefficient (Wildman–Crippen LogP) is 2.09. The van der Waals surface area contributed by atoms with E-state index in [1.54, 1.807) is 0 Å². The Hall–Kier alpha value is -2.08. The van der Waals surface area contributed by atoms with Gasteiger partial charge in [-0.15, -0.1) is 0 Å². The molecule has 0 radical (unpaired) electrons. The van der Waals surface area contributed by atoms with E-state index in [1.807, 2.05) is 56.3 Å². The Morgan fingerprint density at radius 2 is 2.04 bits per heavy atom. The summed E-state index contributed by atoms with van der Waals surface area (Å²) in [5, 5.41) is 0. The summed E-state index contributed by atoms with van der Waals surface area (Å²) in [5.74, 6) is -0.448. The second-order valence-electron chi connectivity index (χ2n) is 6.94. The zero-order valence-electron chi connectivity index (χ0n) is 15.2. The van der Waals surface area contributed by atoms with E-state index < -0.39 is 0 Å². The van der Waals surface area contributed by atoms with Gasteiger partial charge in [0, 0.05) is 20.5 Å². The molecule has 0 spiro atoms. The van der Waals surface area contributed by atoms with E-state index in [0.29, 0.717) is 19.0 Å². The molecule has 1 aromatic rings. The molecule has 1 aliphatic heterocycles. The van der Waals surface area contributed by atoms with Crippen LogP contribution in [0.1, 0.15) is 18.9 Å². The van der Waals surface area contributed by atoms with Crippen molar-refractivity contribution in [1.82, 2.24) is 4.90 Å². The van der Waals surface area contributed by atoms with Crippen LogP contribution in [0.25, 0.3) is 0 Å². The summed E-state index contributed by atoms with van der Waals surface area (Å²) < 4.78 is 17.2. The molecule has 25 heavy (non-hydrogen) atoms. The van der Waals surface area contributed by atoms with E-state index in [9.17, 15) is 4.79 Å². The van der Waals surface area contributed by atoms with Gasteiger partial charge in [0.1, 0.15) is 12.1 Å². The molecule has 136 valence electrons. The van der Waals surface area contributed by atoms with Gasteiger partial charge in [-0.25, -0.2) is 4.99 Å². The number of rotatable bonds is 4. The third-order valence-corrected chi connectivity index (χ3v) is 5.04. The first-order valence-electron chi connectivity index (χ1n) is 8.66. The molecule has 0 saturated heterocycles. The Labute approximate surface area is 148 Å². The van der Waals surface area contributed by atoms with E-state index in [4.69, 9.17) is 19.2 Å². The molecule has 0 aromatic heterocycles. The van der Waals surface area contributed by atoms with Crippen LogP contribution in [0.4, 0.5) is 0 Å². The Balaban J connectivity index is 1.80. The van der Waals surface area contributed by atoms with Crippen molar-refractivity contribution >= 4 is 12.0 Å². The number of methoxy groups -OCH3 is 1. The smallest absolute Gasteiger partial charge is 0.309 e. The summed E-state index contributed by atoms with van der Waals surface area (Å²) in [6.07, 6.45) is 0.254. The van der Waals surface area contributed by atoms with Crippen LogP contribution in [0.2, 0.25) is 0 Å². The highest BCUT2D eigenvalue weighted by molar-refractivity contribution is 5.77. The Bertz CT molecular complexity index is 632. The fourth-order valence-corrected chi connectivity index (χ4v) is 3.62. The van der Waals surface area contributed by atoms with Crippen molar-refractivity contribution in [2.75, 3.05) is 21.2 Å². The van der Waals surface area contributed by atoms with Gasteiger partial charge < -0.3 is 19.1 Å². The maximum Gasteiger partial charge on any atom is 0.309 e. The van der Waals surface area contributed by atoms with Crippen molar-refractivity contribution < 1.29 is 19.0 Å². The third-order valence-electron chi connectivity index (χ3n) is 5.04. The summed E-state index contributed by atoms with van der Waals surface area (Å²) in [4.78, 5) is 18.8. The maximum absolute atomic E-state index is 12.2. The summed E-state index contributed by atoms with van der Waals surface area (Å²) in [6, 6.07) is 10.5. The van der Waals surface area contributed by atoms with E-state index in [1.165, 1.54) is 7.11 Å². The van der Waals surface area contributed by atoms with Crippen molar-refractivity contribution in [3.8, 4) is 0 Å². The van der Waals surface area contributed by atoms with Crippen molar-refractivity contribution in [3.05, 3.63) is 35.9 Å². The molecule has 0 amide bonds. The quantitative estimate of drug-likeness (QED) is 0.781. The molecule has 1 fully saturated rings. The van der Waals surface area contributed by atoms with Gasteiger partial charge in [0.25, 0.3) is 6.02 Å². The van der Waals surface area contributed by atoms with Crippen LogP contribution < -0.4 is 0 Å². The average molecular weight is 346 g/mol. The van der Waals surface area contributed by atoms with Crippen LogP contribution in [-0.2, 0) is 25.6 Å². The Morgan fingerprint density at radius 1 is 1.32 bits per heavy atom. The first-order valence-corrected chi connectivity index (χ1v) is 8.66. The van der Waals surface area contributed by atoms with Crippen LogP contribution in [-0.4, -0.2) is 56.3 Å². The monoisotopic (exact) mass is 346 g/mol. The van der Waals surface area contributed by atoms with E-state index in [2.05, 4.69) is 0 Å². The number of hydrogen-bond donors (Lipinski definition) is 0. The predicted molar refractivity (Wildman–Crippen MR) is 94.1 cm³/mol. The molecule has 0 bridgehead atoms. The first kappa shape index (κ1) is 17.7. The third kappa shape index (κ3) is 3.63. The molecule has 6 nitrogen and oxygen atoms in total. The Kier molecular flexibility index (Phi) is 5.27. The zero-order chi connectivity index (χ0) is 18.0. The number of ether oxygens (including phenoxy) is 3. The molecule has 1 heterocycles. The van der Waals surface area contributed by atoms with Crippen LogP contribution in [0, 0.1) is 11.8 Å². The number of fused-ring (bicyclic) bond motifs is 1. The second kappa shape index (κ2) is 7.44. The fraction of sp³-hybridized carbons (Fsp3) is 0.579. The number of esters is 1. The minimum Gasteiger partial charge on any atom is -0.469 e. The van der Waals surface area contributed by atoms with Crippen molar-refractivity contribution in [2.24, 2.45) is 16.8 Å². The Morgan fingerprint density at radius 3 is 2.68 bits per heavy atom. The molecule has 0 unspecified atom stereocenters. The number of carbonyl (C=O) groups is 1. The van der Waals surface area contributed by atoms with Crippen LogP contribution in [0.3, 0.4) is 0 Å². The molecule has 2 aliphatic rings. The largest absolute Gasteiger partial charge is 0.469 e. The lowest BCUT2D eigenvalue weighted by molar-refractivity contribution is -0.156. The lowest BCUT2D eigenvalue weighted by Gasteiger charge is -2.39. The van der Waals surface area contributed by atoms with Crippen molar-refractivity contribution in [1.29, 1.82) is 0 Å². The van der Waals surface area contributed by atoms with Gasteiger partial charge in [-0.2, -0.15) is 0 Å². The lowest BCUT2D eigenvalue weighted by Crippen LogP contribution is -2.51. The number of hydrogen-bond acceptors (Lipinski definition) is 6. The normalized spacial score (nSPS) is 30.9. The van der Waals surface area contributed by atoms with Crippen molar-refractivity contribution in [2.45, 2.75) is 38.2 Å². The van der Waals surface area contributed by atoms with Crippen LogP contribution >= 0.6 is 0 Å². The fourth-order valence-electron chi connectivity index (χ4n) is 3.62. The molecule has 1 aromatic carbocycles. The van der Waals surface area contributed by atoms with E-state index in [0.717, 1.165) is 5.56 Å². The van der Waals surface area contributed by atoms with Gasteiger partial charge in [0.2, 0.25) is 0 Å². The van der Waals surface area contributed by atoms with Gasteiger partial charge in [-0.1, -0.05) is 37.3 Å². The molecule has 1 aliphatic carbocycles. The molecule has 6 heteroatoms. The average Bonchev–Trinajstić information content (AvgIpc) is 3.05. The number of nitrogens with zero attached hydrogens (tertiary/aromatic N) is 2. The highest BCUT2D eigenvalue weighted by Crippen LogP contribution is 2.39. The molecule has 1 saturated carbocycles. The highest BCUT2D eigenvalue weighted by Gasteiger charge is 2.50. The summed E-state index contributed by atoms with van der Waals surface area (Å²) in [7, 11) is 5.23. The SMILES string of the molecule is COC(=O)[C@H]1C[C@@H]2OC(N(C)C)=N[C@@H]2[C@@H](OCc2ccccc2)[C@@H]1C. The van der Waals surface area contributed by atoms with E-state index in [-0.39, 0.29) is 36.1 Å². The number of aliphatic imine (C=N–C) groups is 1. The highest BCUT2D eigenvalue weighted by atomic mass is 16.5. The maximum atomic E-state index is 12.2. The number of benzene rings is 1. The minimum absolute atomic E-state index is 0.00581. The standard InChI is InChI=1S/C19H26N2O4/c1-12-14(18(22)23-4)10-15-16(20-19(25-15)21(2)3)17(12)24-11-13-8-6-5-7-9-13/h5-9,12,14-17H,10-11H2,1-4H3/t12-,14+,15+,16+,17+/m1/s1.